The molecule has 0 aromatic heterocycles. The molecule has 0 spiro atoms. The molecular formula is C13H18ClNO. The molecule has 1 aromatic carbocycles. The molecular weight excluding hydrogens is 222 g/mol. The molecule has 0 bridgehead atoms. The van der Waals surface area contributed by atoms with E-state index in [4.69, 9.17) is 16.3 Å². The summed E-state index contributed by atoms with van der Waals surface area (Å²) in [6.07, 6.45) is 0. The number of nitrogens with one attached hydrogen (secondary N) is 1. The maximum Gasteiger partial charge on any atom is 0.138 e. The third-order valence-electron chi connectivity index (χ3n) is 2.36. The van der Waals surface area contributed by atoms with Gasteiger partial charge in [0.1, 0.15) is 12.4 Å². The lowest BCUT2D eigenvalue weighted by atomic mass is 10.1. The SMILES string of the molecule is C=C(C)COc1ccc(C(C)NC)cc1Cl. The zero-order valence-corrected chi connectivity index (χ0v) is 10.8. The summed E-state index contributed by atoms with van der Waals surface area (Å²) in [5.41, 5.74) is 2.12. The number of hydrogen-bond acceptors (Lipinski definition) is 2. The van der Waals surface area contributed by atoms with Crippen LogP contribution in [-0.2, 0) is 0 Å². The predicted molar refractivity (Wildman–Crippen MR) is 69.2 cm³/mol. The minimum atomic E-state index is 0.285. The van der Waals surface area contributed by atoms with Gasteiger partial charge in [-0.1, -0.05) is 24.2 Å². The largest absolute Gasteiger partial charge is 0.488 e. The van der Waals surface area contributed by atoms with Gasteiger partial charge in [-0.3, -0.25) is 0 Å². The summed E-state index contributed by atoms with van der Waals surface area (Å²) in [7, 11) is 1.92. The molecule has 0 aliphatic carbocycles. The first-order valence-electron chi connectivity index (χ1n) is 5.28. The van der Waals surface area contributed by atoms with Crippen molar-refractivity contribution < 1.29 is 4.74 Å². The van der Waals surface area contributed by atoms with Gasteiger partial charge in [-0.25, -0.2) is 0 Å². The van der Waals surface area contributed by atoms with Gasteiger partial charge in [0.2, 0.25) is 0 Å². The van der Waals surface area contributed by atoms with Crippen molar-refractivity contribution >= 4 is 11.6 Å². The second-order valence-corrected chi connectivity index (χ2v) is 4.35. The summed E-state index contributed by atoms with van der Waals surface area (Å²) in [5.74, 6) is 0.705. The third kappa shape index (κ3) is 3.54. The van der Waals surface area contributed by atoms with Gasteiger partial charge in [-0.2, -0.15) is 0 Å². The van der Waals surface area contributed by atoms with Crippen molar-refractivity contribution in [1.82, 2.24) is 5.32 Å². The average Bonchev–Trinajstić information content (AvgIpc) is 2.26. The van der Waals surface area contributed by atoms with Crippen molar-refractivity contribution in [2.75, 3.05) is 13.7 Å². The lowest BCUT2D eigenvalue weighted by Gasteiger charge is -2.13. The highest BCUT2D eigenvalue weighted by molar-refractivity contribution is 6.32. The molecule has 0 saturated heterocycles. The van der Waals surface area contributed by atoms with Crippen LogP contribution in [0.25, 0.3) is 0 Å². The first kappa shape index (κ1) is 13.1. The highest BCUT2D eigenvalue weighted by Gasteiger charge is 2.07. The molecule has 1 rings (SSSR count). The quantitative estimate of drug-likeness (QED) is 0.794. The minimum Gasteiger partial charge on any atom is -0.488 e. The van der Waals surface area contributed by atoms with E-state index in [1.165, 1.54) is 0 Å². The topological polar surface area (TPSA) is 21.3 Å². The zero-order valence-electron chi connectivity index (χ0n) is 10.0. The van der Waals surface area contributed by atoms with E-state index < -0.39 is 0 Å². The normalized spacial score (nSPS) is 12.2. The fourth-order valence-electron chi connectivity index (χ4n) is 1.27. The maximum absolute atomic E-state index is 6.13. The monoisotopic (exact) mass is 239 g/mol. The van der Waals surface area contributed by atoms with Gasteiger partial charge in [0.05, 0.1) is 5.02 Å². The van der Waals surface area contributed by atoms with Crippen LogP contribution >= 0.6 is 11.6 Å². The second kappa shape index (κ2) is 5.92. The summed E-state index contributed by atoms with van der Waals surface area (Å²) in [6.45, 7) is 8.29. The van der Waals surface area contributed by atoms with Gasteiger partial charge in [-0.15, -0.1) is 0 Å². The van der Waals surface area contributed by atoms with Crippen molar-refractivity contribution in [1.29, 1.82) is 0 Å². The van der Waals surface area contributed by atoms with Gasteiger partial charge in [0.15, 0.2) is 0 Å². The van der Waals surface area contributed by atoms with Crippen LogP contribution in [0.3, 0.4) is 0 Å². The Balaban J connectivity index is 2.79. The zero-order chi connectivity index (χ0) is 12.1. The number of halogens is 1. The molecule has 1 atom stereocenters. The molecule has 3 heteroatoms. The second-order valence-electron chi connectivity index (χ2n) is 3.95. The van der Waals surface area contributed by atoms with E-state index in [9.17, 15) is 0 Å². The van der Waals surface area contributed by atoms with Gasteiger partial charge in [-0.05, 0) is 44.2 Å². The van der Waals surface area contributed by atoms with Crippen LogP contribution in [-0.4, -0.2) is 13.7 Å². The summed E-state index contributed by atoms with van der Waals surface area (Å²) < 4.78 is 5.51. The van der Waals surface area contributed by atoms with E-state index in [2.05, 4.69) is 18.8 Å². The van der Waals surface area contributed by atoms with Crippen molar-refractivity contribution in [3.8, 4) is 5.75 Å². The average molecular weight is 240 g/mol. The van der Waals surface area contributed by atoms with Crippen LogP contribution < -0.4 is 10.1 Å². The Hall–Kier alpha value is -0.990. The first-order valence-corrected chi connectivity index (χ1v) is 5.66. The van der Waals surface area contributed by atoms with Crippen LogP contribution in [0, 0.1) is 0 Å². The van der Waals surface area contributed by atoms with Crippen LogP contribution in [0.5, 0.6) is 5.75 Å². The Bertz CT molecular complexity index is 376. The first-order chi connectivity index (χ1) is 7.54. The van der Waals surface area contributed by atoms with Gasteiger partial charge < -0.3 is 10.1 Å². The van der Waals surface area contributed by atoms with Crippen LogP contribution in [0.4, 0.5) is 0 Å². The molecule has 1 aromatic rings. The predicted octanol–water partition coefficient (Wildman–Crippen LogP) is 3.58. The van der Waals surface area contributed by atoms with Crippen LogP contribution in [0.1, 0.15) is 25.5 Å². The van der Waals surface area contributed by atoms with Crippen LogP contribution in [0.2, 0.25) is 5.02 Å². The molecule has 1 unspecified atom stereocenters. The van der Waals surface area contributed by atoms with Crippen molar-refractivity contribution in [3.05, 3.63) is 40.9 Å². The van der Waals surface area contributed by atoms with E-state index in [-0.39, 0.29) is 6.04 Å². The minimum absolute atomic E-state index is 0.285. The molecule has 0 fully saturated rings. The number of rotatable bonds is 5. The van der Waals surface area contributed by atoms with E-state index >= 15 is 0 Å². The highest BCUT2D eigenvalue weighted by Crippen LogP contribution is 2.28. The summed E-state index contributed by atoms with van der Waals surface area (Å²) in [4.78, 5) is 0. The third-order valence-corrected chi connectivity index (χ3v) is 2.66. The molecule has 0 heterocycles. The lowest BCUT2D eigenvalue weighted by molar-refractivity contribution is 0.352. The Morgan fingerprint density at radius 2 is 2.25 bits per heavy atom. The molecule has 88 valence electrons. The van der Waals surface area contributed by atoms with Crippen LogP contribution in [0.15, 0.2) is 30.4 Å². The molecule has 0 saturated carbocycles. The van der Waals surface area contributed by atoms with E-state index in [1.807, 2.05) is 32.2 Å². The molecule has 0 aliphatic heterocycles. The molecule has 16 heavy (non-hydrogen) atoms. The summed E-state index contributed by atoms with van der Waals surface area (Å²) in [6, 6.07) is 6.12. The van der Waals surface area contributed by atoms with E-state index in [1.54, 1.807) is 0 Å². The fourth-order valence-corrected chi connectivity index (χ4v) is 1.51. The van der Waals surface area contributed by atoms with Gasteiger partial charge in [0, 0.05) is 6.04 Å². The fraction of sp³-hybridized carbons (Fsp3) is 0.385. The summed E-state index contributed by atoms with van der Waals surface area (Å²) in [5, 5.41) is 3.80. The molecule has 1 N–H and O–H groups in total. The van der Waals surface area contributed by atoms with Crippen molar-refractivity contribution in [2.45, 2.75) is 19.9 Å². The number of ether oxygens (including phenoxy) is 1. The summed E-state index contributed by atoms with van der Waals surface area (Å²) >= 11 is 6.13. The lowest BCUT2D eigenvalue weighted by Crippen LogP contribution is -2.12. The highest BCUT2D eigenvalue weighted by atomic mass is 35.5. The standard InChI is InChI=1S/C13H18ClNO/c1-9(2)8-16-13-6-5-11(7-12(13)14)10(3)15-4/h5-7,10,15H,1,8H2,2-4H3. The maximum atomic E-state index is 6.13. The Labute approximate surface area is 102 Å². The Morgan fingerprint density at radius 3 is 2.75 bits per heavy atom. The number of benzene rings is 1. The molecule has 0 aliphatic rings. The van der Waals surface area contributed by atoms with E-state index in [0.717, 1.165) is 11.1 Å². The molecule has 0 amide bonds. The molecule has 2 nitrogen and oxygen atoms in total. The number of hydrogen-bond donors (Lipinski definition) is 1. The Morgan fingerprint density at radius 1 is 1.56 bits per heavy atom. The smallest absolute Gasteiger partial charge is 0.138 e. The van der Waals surface area contributed by atoms with Gasteiger partial charge >= 0.3 is 0 Å². The molecule has 0 radical (unpaired) electrons. The van der Waals surface area contributed by atoms with Crippen molar-refractivity contribution in [3.63, 3.8) is 0 Å². The van der Waals surface area contributed by atoms with Crippen molar-refractivity contribution in [2.24, 2.45) is 0 Å². The van der Waals surface area contributed by atoms with Gasteiger partial charge in [0.25, 0.3) is 0 Å². The Kier molecular flexibility index (Phi) is 4.84. The van der Waals surface area contributed by atoms with E-state index in [0.29, 0.717) is 17.4 Å².